The monoisotopic (exact) mass is 436 g/mol. The molecule has 4 aromatic rings. The van der Waals surface area contributed by atoms with Crippen molar-refractivity contribution in [2.24, 2.45) is 7.05 Å². The largest absolute Gasteiger partial charge is 0.421 e. The molecular weight excluding hydrogens is 419 g/mol. The number of nitrogens with zero attached hydrogens (tertiary/aromatic N) is 1. The summed E-state index contributed by atoms with van der Waals surface area (Å²) < 4.78 is 20.2. The van der Waals surface area contributed by atoms with Crippen molar-refractivity contribution in [2.75, 3.05) is 5.32 Å². The van der Waals surface area contributed by atoms with Gasteiger partial charge in [0.25, 0.3) is 11.5 Å². The number of pyridine rings is 1. The van der Waals surface area contributed by atoms with Crippen LogP contribution >= 0.6 is 11.3 Å². The van der Waals surface area contributed by atoms with Crippen LogP contribution in [0.5, 0.6) is 5.75 Å². The molecule has 2 heterocycles. The number of fused-ring (bicyclic) bond motifs is 1. The first-order valence-corrected chi connectivity index (χ1v) is 10.2. The summed E-state index contributed by atoms with van der Waals surface area (Å²) in [4.78, 5) is 39.5. The number of carbonyl (C=O) groups is 2. The Hall–Kier alpha value is -3.78. The first-order chi connectivity index (χ1) is 14.9. The van der Waals surface area contributed by atoms with Crippen molar-refractivity contribution in [1.29, 1.82) is 0 Å². The van der Waals surface area contributed by atoms with Crippen molar-refractivity contribution in [3.05, 3.63) is 92.8 Å². The second kappa shape index (κ2) is 8.16. The molecule has 0 bridgehead atoms. The van der Waals surface area contributed by atoms with E-state index in [2.05, 4.69) is 5.32 Å². The van der Waals surface area contributed by atoms with Crippen LogP contribution in [0.2, 0.25) is 0 Å². The molecule has 0 fully saturated rings. The number of carbonyl (C=O) groups excluding carboxylic acids is 2. The second-order valence-electron chi connectivity index (χ2n) is 6.88. The van der Waals surface area contributed by atoms with Gasteiger partial charge in [-0.05, 0) is 54.3 Å². The normalized spacial score (nSPS) is 10.8. The van der Waals surface area contributed by atoms with E-state index in [1.54, 1.807) is 37.4 Å². The minimum Gasteiger partial charge on any atom is -0.421 e. The molecular formula is C23H17FN2O4S. The number of thiophene rings is 1. The average Bonchev–Trinajstić information content (AvgIpc) is 3.15. The quantitative estimate of drug-likeness (QED) is 0.477. The van der Waals surface area contributed by atoms with E-state index in [4.69, 9.17) is 4.74 Å². The summed E-state index contributed by atoms with van der Waals surface area (Å²) in [6, 6.07) is 13.4. The molecule has 2 aromatic carbocycles. The number of halogens is 1. The molecule has 2 aromatic heterocycles. The van der Waals surface area contributed by atoms with Crippen molar-refractivity contribution in [3.8, 4) is 5.75 Å². The first kappa shape index (κ1) is 20.5. The molecule has 0 aliphatic rings. The van der Waals surface area contributed by atoms with Gasteiger partial charge < -0.3 is 14.6 Å². The molecule has 4 rings (SSSR count). The predicted molar refractivity (Wildman–Crippen MR) is 118 cm³/mol. The molecule has 1 amide bonds. The molecule has 0 aliphatic carbocycles. The Balaban J connectivity index is 1.86. The van der Waals surface area contributed by atoms with Crippen LogP contribution in [0.25, 0.3) is 10.2 Å². The van der Waals surface area contributed by atoms with E-state index in [1.807, 2.05) is 12.3 Å². The lowest BCUT2D eigenvalue weighted by molar-refractivity contribution is 0.0735. The number of nitrogens with one attached hydrogen (secondary N) is 1. The van der Waals surface area contributed by atoms with Crippen molar-refractivity contribution in [3.63, 3.8) is 0 Å². The molecule has 1 N–H and O–H groups in total. The van der Waals surface area contributed by atoms with Gasteiger partial charge in [0, 0.05) is 12.7 Å². The van der Waals surface area contributed by atoms with E-state index in [9.17, 15) is 18.8 Å². The van der Waals surface area contributed by atoms with Gasteiger partial charge in [-0.25, -0.2) is 9.18 Å². The molecule has 31 heavy (non-hydrogen) atoms. The Kier molecular flexibility index (Phi) is 5.39. The number of anilines is 1. The highest BCUT2D eigenvalue weighted by Gasteiger charge is 2.27. The number of hydrogen-bond donors (Lipinski definition) is 1. The van der Waals surface area contributed by atoms with E-state index in [-0.39, 0.29) is 16.9 Å². The highest BCUT2D eigenvalue weighted by Crippen LogP contribution is 2.35. The third kappa shape index (κ3) is 3.85. The molecule has 0 saturated heterocycles. The molecule has 0 aliphatic heterocycles. The predicted octanol–water partition coefficient (Wildman–Crippen LogP) is 4.52. The van der Waals surface area contributed by atoms with E-state index < -0.39 is 23.3 Å². The Labute approximate surface area is 180 Å². The summed E-state index contributed by atoms with van der Waals surface area (Å²) in [5.74, 6) is -1.99. The van der Waals surface area contributed by atoms with Gasteiger partial charge in [-0.1, -0.05) is 18.2 Å². The van der Waals surface area contributed by atoms with Crippen molar-refractivity contribution in [1.82, 2.24) is 4.57 Å². The van der Waals surface area contributed by atoms with Crippen molar-refractivity contribution < 1.29 is 18.7 Å². The number of aromatic nitrogens is 1. The smallest absolute Gasteiger partial charge is 0.343 e. The zero-order chi connectivity index (χ0) is 22.1. The van der Waals surface area contributed by atoms with Crippen LogP contribution in [0.3, 0.4) is 0 Å². The molecule has 0 atom stereocenters. The fraction of sp³-hybridized carbons (Fsp3) is 0.0870. The number of aryl methyl sites for hydroxylation is 2. The molecule has 0 saturated carbocycles. The minimum atomic E-state index is -0.754. The van der Waals surface area contributed by atoms with Gasteiger partial charge in [0.2, 0.25) is 0 Å². The Morgan fingerprint density at radius 1 is 1.06 bits per heavy atom. The van der Waals surface area contributed by atoms with Gasteiger partial charge in [0.1, 0.15) is 16.2 Å². The maximum atomic E-state index is 13.2. The molecule has 8 heteroatoms. The summed E-state index contributed by atoms with van der Waals surface area (Å²) in [6.45, 7) is 1.81. The maximum Gasteiger partial charge on any atom is 0.343 e. The van der Waals surface area contributed by atoms with Crippen LogP contribution in [0.4, 0.5) is 10.1 Å². The fourth-order valence-corrected chi connectivity index (χ4v) is 4.21. The van der Waals surface area contributed by atoms with Crippen molar-refractivity contribution >= 4 is 39.1 Å². The van der Waals surface area contributed by atoms with Gasteiger partial charge in [0.05, 0.1) is 10.9 Å². The highest BCUT2D eigenvalue weighted by atomic mass is 32.1. The van der Waals surface area contributed by atoms with Crippen molar-refractivity contribution in [2.45, 2.75) is 6.92 Å². The van der Waals surface area contributed by atoms with Gasteiger partial charge in [0.15, 0.2) is 5.75 Å². The fourth-order valence-electron chi connectivity index (χ4n) is 3.19. The van der Waals surface area contributed by atoms with Gasteiger partial charge in [-0.15, -0.1) is 11.3 Å². The summed E-state index contributed by atoms with van der Waals surface area (Å²) in [7, 11) is 1.55. The lowest BCUT2D eigenvalue weighted by Crippen LogP contribution is -2.29. The number of ether oxygens (including phenoxy) is 1. The summed E-state index contributed by atoms with van der Waals surface area (Å²) >= 11 is 1.32. The second-order valence-corrected chi connectivity index (χ2v) is 7.74. The Morgan fingerprint density at radius 3 is 2.42 bits per heavy atom. The lowest BCUT2D eigenvalue weighted by atomic mass is 10.1. The molecule has 156 valence electrons. The summed E-state index contributed by atoms with van der Waals surface area (Å²) in [6.07, 6.45) is 0. The standard InChI is InChI=1S/C23H17FN2O4S/c1-13-12-31-22-17(13)19(30-23(29)14-6-4-3-5-7-14)18(21(28)26(22)2)20(27)25-16-10-8-15(24)9-11-16/h3-12H,1-2H3,(H,25,27). The van der Waals surface area contributed by atoms with Gasteiger partial charge >= 0.3 is 5.97 Å². The lowest BCUT2D eigenvalue weighted by Gasteiger charge is -2.14. The van der Waals surface area contributed by atoms with E-state index >= 15 is 0 Å². The van der Waals surface area contributed by atoms with Crippen LogP contribution in [-0.2, 0) is 7.05 Å². The maximum absolute atomic E-state index is 13.2. The molecule has 6 nitrogen and oxygen atoms in total. The van der Waals surface area contributed by atoms with E-state index in [1.165, 1.54) is 40.2 Å². The number of esters is 1. The first-order valence-electron chi connectivity index (χ1n) is 9.31. The number of hydrogen-bond acceptors (Lipinski definition) is 5. The van der Waals surface area contributed by atoms with Gasteiger partial charge in [-0.2, -0.15) is 0 Å². The van der Waals surface area contributed by atoms with E-state index in [0.29, 0.717) is 15.9 Å². The SMILES string of the molecule is Cc1csc2c1c(OC(=O)c1ccccc1)c(C(=O)Nc1ccc(F)cc1)c(=O)n2C. The van der Waals surface area contributed by atoms with Crippen LogP contribution in [0.1, 0.15) is 26.3 Å². The zero-order valence-corrected chi connectivity index (χ0v) is 17.5. The molecule has 0 spiro atoms. The number of amides is 1. The number of benzene rings is 2. The Bertz CT molecular complexity index is 1360. The number of rotatable bonds is 4. The van der Waals surface area contributed by atoms with Crippen LogP contribution in [0, 0.1) is 12.7 Å². The van der Waals surface area contributed by atoms with Crippen LogP contribution < -0.4 is 15.6 Å². The summed E-state index contributed by atoms with van der Waals surface area (Å²) in [5, 5.41) is 4.92. The zero-order valence-electron chi connectivity index (χ0n) is 16.6. The van der Waals surface area contributed by atoms with Crippen LogP contribution in [0.15, 0.2) is 64.8 Å². The molecule has 0 radical (unpaired) electrons. The molecule has 0 unspecified atom stereocenters. The highest BCUT2D eigenvalue weighted by molar-refractivity contribution is 7.17. The summed E-state index contributed by atoms with van der Waals surface area (Å²) in [5.41, 5.74) is 0.447. The third-order valence-corrected chi connectivity index (χ3v) is 5.94. The van der Waals surface area contributed by atoms with Gasteiger partial charge in [-0.3, -0.25) is 9.59 Å². The van der Waals surface area contributed by atoms with E-state index in [0.717, 1.165) is 5.56 Å². The Morgan fingerprint density at radius 2 is 1.74 bits per heavy atom. The third-order valence-electron chi connectivity index (χ3n) is 4.77. The van der Waals surface area contributed by atoms with Crippen LogP contribution in [-0.4, -0.2) is 16.4 Å². The topological polar surface area (TPSA) is 77.4 Å². The minimum absolute atomic E-state index is 0.0923. The average molecular weight is 436 g/mol.